The first-order valence-corrected chi connectivity index (χ1v) is 4.11. The Balaban J connectivity index is 2.44. The van der Waals surface area contributed by atoms with Gasteiger partial charge in [-0.3, -0.25) is 0 Å². The number of ether oxygens (including phenoxy) is 1. The summed E-state index contributed by atoms with van der Waals surface area (Å²) in [4.78, 5) is 2.01. The van der Waals surface area contributed by atoms with E-state index in [1.54, 1.807) is 0 Å². The van der Waals surface area contributed by atoms with E-state index in [-0.39, 0.29) is 12.1 Å². The van der Waals surface area contributed by atoms with Crippen molar-refractivity contribution in [3.63, 3.8) is 0 Å². The van der Waals surface area contributed by atoms with Crippen molar-refractivity contribution in [2.45, 2.75) is 38.2 Å². The van der Waals surface area contributed by atoms with Gasteiger partial charge >= 0.3 is 0 Å². The maximum Gasteiger partial charge on any atom is 0.170 e. The predicted octanol–water partition coefficient (Wildman–Crippen LogP) is 0.434. The molecule has 1 saturated heterocycles. The first kappa shape index (κ1) is 8.97. The highest BCUT2D eigenvalue weighted by Crippen LogP contribution is 2.20. The van der Waals surface area contributed by atoms with Gasteiger partial charge in [0.05, 0.1) is 12.1 Å². The minimum absolute atomic E-state index is 0.172. The van der Waals surface area contributed by atoms with Gasteiger partial charge in [0.25, 0.3) is 0 Å². The minimum Gasteiger partial charge on any atom is -0.367 e. The predicted molar refractivity (Wildman–Crippen MR) is 43.3 cm³/mol. The number of rotatable bonds is 1. The number of likely N-dealkylation sites (N-methyl/N-ethyl adjacent to an activating group) is 1. The average Bonchev–Trinajstić information content (AvgIpc) is 1.85. The van der Waals surface area contributed by atoms with Crippen LogP contribution in [-0.2, 0) is 4.74 Å². The minimum atomic E-state index is -0.603. The standard InChI is InChI=1S/C8H17NO2/c1-6-4-5-7(9(2)3)8(10)11-6/h6-8,10H,4-5H2,1-3H3/t6-,7?,8-/m1/s1. The average molecular weight is 159 g/mol. The second kappa shape index (κ2) is 3.52. The highest BCUT2D eigenvalue weighted by Gasteiger charge is 2.28. The second-order valence-electron chi connectivity index (χ2n) is 3.45. The summed E-state index contributed by atoms with van der Waals surface area (Å²) in [7, 11) is 3.93. The quantitative estimate of drug-likeness (QED) is 0.602. The third kappa shape index (κ3) is 2.15. The Morgan fingerprint density at radius 1 is 1.36 bits per heavy atom. The summed E-state index contributed by atoms with van der Waals surface area (Å²) in [6, 6.07) is 0.172. The lowest BCUT2D eigenvalue weighted by atomic mass is 10.0. The summed E-state index contributed by atoms with van der Waals surface area (Å²) in [5.74, 6) is 0. The fourth-order valence-corrected chi connectivity index (χ4v) is 1.46. The van der Waals surface area contributed by atoms with Crippen LogP contribution in [0.15, 0.2) is 0 Å². The smallest absolute Gasteiger partial charge is 0.170 e. The Labute approximate surface area is 68.0 Å². The van der Waals surface area contributed by atoms with Crippen LogP contribution in [0, 0.1) is 0 Å². The summed E-state index contributed by atoms with van der Waals surface area (Å²) in [5, 5.41) is 9.45. The summed E-state index contributed by atoms with van der Waals surface area (Å²) < 4.78 is 5.27. The number of hydrogen-bond acceptors (Lipinski definition) is 3. The van der Waals surface area contributed by atoms with Gasteiger partial charge in [-0.1, -0.05) is 0 Å². The van der Waals surface area contributed by atoms with E-state index in [9.17, 15) is 5.11 Å². The van der Waals surface area contributed by atoms with Crippen molar-refractivity contribution in [1.29, 1.82) is 0 Å². The van der Waals surface area contributed by atoms with Gasteiger partial charge in [0.2, 0.25) is 0 Å². The third-order valence-corrected chi connectivity index (χ3v) is 2.23. The summed E-state index contributed by atoms with van der Waals surface area (Å²) in [5.41, 5.74) is 0. The van der Waals surface area contributed by atoms with Crippen LogP contribution in [0.1, 0.15) is 19.8 Å². The van der Waals surface area contributed by atoms with Crippen molar-refractivity contribution in [3.05, 3.63) is 0 Å². The zero-order valence-corrected chi connectivity index (χ0v) is 7.45. The van der Waals surface area contributed by atoms with Crippen LogP contribution in [-0.4, -0.2) is 42.5 Å². The fraction of sp³-hybridized carbons (Fsp3) is 1.00. The molecule has 3 heteroatoms. The number of aliphatic hydroxyl groups excluding tert-OH is 1. The number of hydrogen-bond donors (Lipinski definition) is 1. The maximum absolute atomic E-state index is 9.45. The van der Waals surface area contributed by atoms with E-state index in [1.807, 2.05) is 25.9 Å². The molecule has 66 valence electrons. The van der Waals surface area contributed by atoms with Crippen LogP contribution in [0.2, 0.25) is 0 Å². The Kier molecular flexibility index (Phi) is 2.87. The second-order valence-corrected chi connectivity index (χ2v) is 3.45. The summed E-state index contributed by atoms with van der Waals surface area (Å²) in [6.45, 7) is 2.00. The molecule has 3 atom stereocenters. The van der Waals surface area contributed by atoms with E-state index in [0.717, 1.165) is 12.8 Å². The molecule has 0 bridgehead atoms. The van der Waals surface area contributed by atoms with Crippen LogP contribution in [0.25, 0.3) is 0 Å². The zero-order valence-electron chi connectivity index (χ0n) is 7.45. The molecule has 3 nitrogen and oxygen atoms in total. The van der Waals surface area contributed by atoms with Crippen LogP contribution >= 0.6 is 0 Å². The van der Waals surface area contributed by atoms with Crippen molar-refractivity contribution < 1.29 is 9.84 Å². The van der Waals surface area contributed by atoms with E-state index in [0.29, 0.717) is 0 Å². The molecule has 0 radical (unpaired) electrons. The Bertz CT molecular complexity index is 127. The fourth-order valence-electron chi connectivity index (χ4n) is 1.46. The van der Waals surface area contributed by atoms with Crippen LogP contribution in [0.4, 0.5) is 0 Å². The molecule has 0 aliphatic carbocycles. The molecule has 0 aromatic carbocycles. The molecule has 0 spiro atoms. The lowest BCUT2D eigenvalue weighted by Gasteiger charge is -2.35. The van der Waals surface area contributed by atoms with Crippen molar-refractivity contribution in [2.24, 2.45) is 0 Å². The Hall–Kier alpha value is -0.120. The SMILES string of the molecule is C[C@@H]1CCC(N(C)C)[C@H](O)O1. The molecule has 0 saturated carbocycles. The van der Waals surface area contributed by atoms with Crippen LogP contribution in [0.5, 0.6) is 0 Å². The molecule has 0 aromatic heterocycles. The molecule has 1 fully saturated rings. The van der Waals surface area contributed by atoms with Gasteiger partial charge in [-0.05, 0) is 33.9 Å². The van der Waals surface area contributed by atoms with E-state index in [1.165, 1.54) is 0 Å². The molecule has 1 aliphatic rings. The van der Waals surface area contributed by atoms with Crippen molar-refractivity contribution in [2.75, 3.05) is 14.1 Å². The zero-order chi connectivity index (χ0) is 8.43. The van der Waals surface area contributed by atoms with E-state index < -0.39 is 6.29 Å². The van der Waals surface area contributed by atoms with Crippen LogP contribution in [0.3, 0.4) is 0 Å². The maximum atomic E-state index is 9.45. The third-order valence-electron chi connectivity index (χ3n) is 2.23. The molecule has 1 rings (SSSR count). The van der Waals surface area contributed by atoms with Gasteiger partial charge in [0.15, 0.2) is 6.29 Å². The Morgan fingerprint density at radius 3 is 2.45 bits per heavy atom. The first-order valence-electron chi connectivity index (χ1n) is 4.11. The lowest BCUT2D eigenvalue weighted by Crippen LogP contribution is -2.45. The molecule has 0 aromatic rings. The molecular formula is C8H17NO2. The Morgan fingerprint density at radius 2 is 2.00 bits per heavy atom. The summed E-state index contributed by atoms with van der Waals surface area (Å²) in [6.07, 6.45) is 1.67. The van der Waals surface area contributed by atoms with Gasteiger partial charge < -0.3 is 14.7 Å². The molecule has 11 heavy (non-hydrogen) atoms. The first-order chi connectivity index (χ1) is 5.11. The molecular weight excluding hydrogens is 142 g/mol. The molecule has 1 aliphatic heterocycles. The van der Waals surface area contributed by atoms with Crippen molar-refractivity contribution >= 4 is 0 Å². The van der Waals surface area contributed by atoms with Crippen molar-refractivity contribution in [3.8, 4) is 0 Å². The number of nitrogens with zero attached hydrogens (tertiary/aromatic N) is 1. The highest BCUT2D eigenvalue weighted by atomic mass is 16.6. The molecule has 0 amide bonds. The highest BCUT2D eigenvalue weighted by molar-refractivity contribution is 4.75. The molecule has 1 unspecified atom stereocenters. The largest absolute Gasteiger partial charge is 0.367 e. The van der Waals surface area contributed by atoms with E-state index >= 15 is 0 Å². The van der Waals surface area contributed by atoms with Gasteiger partial charge in [-0.15, -0.1) is 0 Å². The van der Waals surface area contributed by atoms with E-state index in [4.69, 9.17) is 4.74 Å². The van der Waals surface area contributed by atoms with Gasteiger partial charge in [-0.25, -0.2) is 0 Å². The monoisotopic (exact) mass is 159 g/mol. The normalized spacial score (nSPS) is 39.5. The van der Waals surface area contributed by atoms with Gasteiger partial charge in [-0.2, -0.15) is 0 Å². The number of aliphatic hydroxyl groups is 1. The lowest BCUT2D eigenvalue weighted by molar-refractivity contribution is -0.189. The van der Waals surface area contributed by atoms with Gasteiger partial charge in [0, 0.05) is 0 Å². The summed E-state index contributed by atoms with van der Waals surface area (Å²) >= 11 is 0. The van der Waals surface area contributed by atoms with E-state index in [2.05, 4.69) is 0 Å². The molecule has 1 N–H and O–H groups in total. The topological polar surface area (TPSA) is 32.7 Å². The van der Waals surface area contributed by atoms with Crippen molar-refractivity contribution in [1.82, 2.24) is 4.90 Å². The van der Waals surface area contributed by atoms with Gasteiger partial charge in [0.1, 0.15) is 0 Å². The van der Waals surface area contributed by atoms with Crippen LogP contribution < -0.4 is 0 Å². The molecule has 1 heterocycles.